The molecule has 0 aliphatic heterocycles. The van der Waals surface area contributed by atoms with E-state index in [9.17, 15) is 19.2 Å². The fourth-order valence-corrected chi connectivity index (χ4v) is 13.4. The molecule has 2 N–H and O–H groups in total. The van der Waals surface area contributed by atoms with E-state index in [4.69, 9.17) is 9.47 Å². The third-order valence-corrected chi connectivity index (χ3v) is 15.9. The van der Waals surface area contributed by atoms with Crippen molar-refractivity contribution in [2.24, 2.45) is 56.7 Å². The topological polar surface area (TPSA) is 111 Å². The lowest BCUT2D eigenvalue weighted by Crippen LogP contribution is -2.68. The van der Waals surface area contributed by atoms with Crippen molar-refractivity contribution in [3.8, 4) is 0 Å². The van der Waals surface area contributed by atoms with Crippen LogP contribution in [0.25, 0.3) is 0 Å². The number of amides is 2. The van der Waals surface area contributed by atoms with Crippen molar-refractivity contribution in [2.75, 3.05) is 19.7 Å². The highest BCUT2D eigenvalue weighted by Gasteiger charge is 2.72. The molecule has 11 atom stereocenters. The molecular weight excluding hydrogens is 628 g/mol. The summed E-state index contributed by atoms with van der Waals surface area (Å²) in [6.45, 7) is 22.8. The van der Waals surface area contributed by atoms with Gasteiger partial charge in [-0.05, 0) is 130 Å². The second kappa shape index (κ2) is 14.6. The van der Waals surface area contributed by atoms with Crippen molar-refractivity contribution in [3.05, 3.63) is 12.2 Å². The summed E-state index contributed by atoms with van der Waals surface area (Å²) in [4.78, 5) is 49.9. The van der Waals surface area contributed by atoms with E-state index < -0.39 is 5.41 Å². The number of esters is 2. The number of allylic oxidation sites excluding steroid dienone is 1. The van der Waals surface area contributed by atoms with Gasteiger partial charge in [0.25, 0.3) is 0 Å². The minimum absolute atomic E-state index is 0.0197. The number of hydrogen-bond donors (Lipinski definition) is 2. The van der Waals surface area contributed by atoms with Gasteiger partial charge in [-0.1, -0.05) is 52.7 Å². The van der Waals surface area contributed by atoms with Crippen LogP contribution < -0.4 is 10.6 Å². The monoisotopic (exact) mass is 697 g/mol. The second-order valence-corrected chi connectivity index (χ2v) is 18.4. The minimum atomic E-state index is -0.439. The number of carbonyl (C=O) groups excluding carboxylic acids is 4. The Morgan fingerprint density at radius 2 is 1.38 bits per heavy atom. The Balaban J connectivity index is 1.37. The Labute approximate surface area is 302 Å². The zero-order valence-corrected chi connectivity index (χ0v) is 32.6. The van der Waals surface area contributed by atoms with Gasteiger partial charge < -0.3 is 20.1 Å². The second-order valence-electron chi connectivity index (χ2n) is 18.4. The molecular formula is C42H68N2O6. The average molecular weight is 697 g/mol. The van der Waals surface area contributed by atoms with Crippen molar-refractivity contribution < 1.29 is 28.7 Å². The summed E-state index contributed by atoms with van der Waals surface area (Å²) < 4.78 is 11.7. The maximum absolute atomic E-state index is 14.4. The lowest BCUT2D eigenvalue weighted by molar-refractivity contribution is -0.256. The van der Waals surface area contributed by atoms with E-state index in [1.165, 1.54) is 19.4 Å². The van der Waals surface area contributed by atoms with Gasteiger partial charge >= 0.3 is 11.9 Å². The highest BCUT2D eigenvalue weighted by atomic mass is 16.6. The number of fused-ring (bicyclic) bond motifs is 7. The first-order chi connectivity index (χ1) is 23.5. The molecule has 0 saturated heterocycles. The molecule has 5 aliphatic carbocycles. The first kappa shape index (κ1) is 38.8. The van der Waals surface area contributed by atoms with E-state index >= 15 is 0 Å². The summed E-state index contributed by atoms with van der Waals surface area (Å²) in [6.07, 6.45) is 14.0. The third kappa shape index (κ3) is 6.57. The summed E-state index contributed by atoms with van der Waals surface area (Å²) in [6, 6.07) is 0. The van der Waals surface area contributed by atoms with Gasteiger partial charge in [0.05, 0.1) is 5.41 Å². The van der Waals surface area contributed by atoms with E-state index in [-0.39, 0.29) is 64.0 Å². The van der Waals surface area contributed by atoms with Crippen LogP contribution >= 0.6 is 0 Å². The quantitative estimate of drug-likeness (QED) is 0.122. The van der Waals surface area contributed by atoms with Crippen LogP contribution in [0.1, 0.15) is 145 Å². The van der Waals surface area contributed by atoms with Crippen LogP contribution in [0, 0.1) is 56.7 Å². The predicted octanol–water partition coefficient (Wildman–Crippen LogP) is 7.93. The SMILES string of the molecule is C=C(C)[C@@H]1CC[C@]2(C(=O)NCCCCCCNC(C)=O)CC[C@]3(C)[C@H](CC[C@@H]4[C@@]5(C)CC[C@H](OC(C)=O)[C@@](C)(COC(C)=O)[C@@H]5CC[C@]43C)[C@@H]12. The van der Waals surface area contributed by atoms with Crippen LogP contribution in [-0.2, 0) is 28.7 Å². The first-order valence-corrected chi connectivity index (χ1v) is 19.9. The van der Waals surface area contributed by atoms with Gasteiger partial charge in [0.15, 0.2) is 0 Å². The van der Waals surface area contributed by atoms with E-state index in [2.05, 4.69) is 51.8 Å². The third-order valence-electron chi connectivity index (χ3n) is 15.9. The maximum Gasteiger partial charge on any atom is 0.302 e. The van der Waals surface area contributed by atoms with Gasteiger partial charge in [-0.15, -0.1) is 0 Å². The Kier molecular flexibility index (Phi) is 11.3. The highest BCUT2D eigenvalue weighted by Crippen LogP contribution is 2.77. The first-order valence-electron chi connectivity index (χ1n) is 19.9. The van der Waals surface area contributed by atoms with Crippen molar-refractivity contribution in [2.45, 2.75) is 151 Å². The highest BCUT2D eigenvalue weighted by molar-refractivity contribution is 5.84. The molecule has 0 aromatic carbocycles. The Hall–Kier alpha value is -2.38. The number of hydrogen-bond acceptors (Lipinski definition) is 6. The van der Waals surface area contributed by atoms with Gasteiger partial charge in [0, 0.05) is 39.3 Å². The van der Waals surface area contributed by atoms with Gasteiger partial charge in [-0.25, -0.2) is 0 Å². The molecule has 5 rings (SSSR count). The van der Waals surface area contributed by atoms with Crippen LogP contribution in [-0.4, -0.2) is 49.6 Å². The average Bonchev–Trinajstić information content (AvgIpc) is 3.44. The van der Waals surface area contributed by atoms with Gasteiger partial charge in [-0.3, -0.25) is 19.2 Å². The summed E-state index contributed by atoms with van der Waals surface area (Å²) in [7, 11) is 0. The van der Waals surface area contributed by atoms with Gasteiger partial charge in [-0.2, -0.15) is 0 Å². The molecule has 0 unspecified atom stereocenters. The molecule has 0 aromatic rings. The lowest BCUT2D eigenvalue weighted by atomic mass is 9.32. The van der Waals surface area contributed by atoms with Crippen LogP contribution in [0.2, 0.25) is 0 Å². The maximum atomic E-state index is 14.4. The number of ether oxygens (including phenoxy) is 2. The fraction of sp³-hybridized carbons (Fsp3) is 0.857. The van der Waals surface area contributed by atoms with Crippen molar-refractivity contribution in [3.63, 3.8) is 0 Å². The van der Waals surface area contributed by atoms with Crippen LogP contribution in [0.3, 0.4) is 0 Å². The molecule has 0 bridgehead atoms. The molecule has 0 heterocycles. The van der Waals surface area contributed by atoms with Crippen molar-refractivity contribution in [1.82, 2.24) is 10.6 Å². The molecule has 5 aliphatic rings. The zero-order chi connectivity index (χ0) is 36.7. The fourth-order valence-electron chi connectivity index (χ4n) is 13.4. The van der Waals surface area contributed by atoms with Crippen LogP contribution in [0.5, 0.6) is 0 Å². The van der Waals surface area contributed by atoms with Crippen LogP contribution in [0.4, 0.5) is 0 Å². The normalized spacial score (nSPS) is 41.8. The van der Waals surface area contributed by atoms with E-state index in [0.29, 0.717) is 30.2 Å². The summed E-state index contributed by atoms with van der Waals surface area (Å²) in [5.74, 6) is 1.67. The van der Waals surface area contributed by atoms with Crippen molar-refractivity contribution >= 4 is 23.8 Å². The molecule has 8 nitrogen and oxygen atoms in total. The minimum Gasteiger partial charge on any atom is -0.465 e. The van der Waals surface area contributed by atoms with E-state index in [0.717, 1.165) is 96.4 Å². The molecule has 282 valence electrons. The standard InChI is InChI=1S/C42H68N2O6/c1-27(2)31-16-21-42(37(48)44-25-13-11-10-12-24-43-28(3)45)23-22-40(8)32(36(31)42)14-15-34-38(6)19-18-35(50-30(5)47)39(7,26-49-29(4)46)33(38)17-20-41(34,40)9/h31-36H,1,10-26H2,2-9H3,(H,43,45)(H,44,48)/t31-,32+,33+,34+,35-,36+,38-,39-,40+,41+,42-/m0/s1. The lowest BCUT2D eigenvalue weighted by Gasteiger charge is -2.73. The Morgan fingerprint density at radius 3 is 2.00 bits per heavy atom. The predicted molar refractivity (Wildman–Crippen MR) is 196 cm³/mol. The number of carbonyl (C=O) groups is 4. The molecule has 0 spiro atoms. The largest absolute Gasteiger partial charge is 0.465 e. The Bertz CT molecular complexity index is 1330. The smallest absolute Gasteiger partial charge is 0.302 e. The number of rotatable bonds is 12. The molecule has 50 heavy (non-hydrogen) atoms. The number of unbranched alkanes of at least 4 members (excludes halogenated alkanes) is 3. The summed E-state index contributed by atoms with van der Waals surface area (Å²) in [5, 5.41) is 6.31. The van der Waals surface area contributed by atoms with Crippen LogP contribution in [0.15, 0.2) is 12.2 Å². The van der Waals surface area contributed by atoms with E-state index in [1.54, 1.807) is 6.92 Å². The molecule has 0 aromatic heterocycles. The number of nitrogens with one attached hydrogen (secondary N) is 2. The molecule has 5 saturated carbocycles. The molecule has 8 heteroatoms. The summed E-state index contributed by atoms with van der Waals surface area (Å²) >= 11 is 0. The van der Waals surface area contributed by atoms with E-state index in [1.807, 2.05) is 0 Å². The van der Waals surface area contributed by atoms with Crippen molar-refractivity contribution in [1.29, 1.82) is 0 Å². The zero-order valence-electron chi connectivity index (χ0n) is 32.6. The van der Waals surface area contributed by atoms with Gasteiger partial charge in [0.1, 0.15) is 12.7 Å². The Morgan fingerprint density at radius 1 is 0.700 bits per heavy atom. The molecule has 5 fully saturated rings. The molecule has 2 amide bonds. The summed E-state index contributed by atoms with van der Waals surface area (Å²) in [5.41, 5.74) is 0.716. The van der Waals surface area contributed by atoms with Gasteiger partial charge in [0.2, 0.25) is 11.8 Å². The molecule has 0 radical (unpaired) electrons.